The van der Waals surface area contributed by atoms with Crippen LogP contribution in [0, 0.1) is 5.41 Å². The summed E-state index contributed by atoms with van der Waals surface area (Å²) in [6.45, 7) is 18.9. The Kier molecular flexibility index (Phi) is 10.7. The van der Waals surface area contributed by atoms with E-state index in [-0.39, 0.29) is 16.2 Å². The lowest BCUT2D eigenvalue weighted by Crippen LogP contribution is -2.30. The quantitative estimate of drug-likeness (QED) is 0.145. The minimum Gasteiger partial charge on any atom is -0.457 e. The molecule has 66 heavy (non-hydrogen) atoms. The molecule has 0 atom stereocenters. The van der Waals surface area contributed by atoms with Gasteiger partial charge in [0.1, 0.15) is 17.3 Å². The summed E-state index contributed by atoms with van der Waals surface area (Å²) in [5, 5.41) is 2.31. The van der Waals surface area contributed by atoms with Crippen LogP contribution in [0.25, 0.3) is 49.9 Å². The van der Waals surface area contributed by atoms with E-state index in [1.165, 1.54) is 44.6 Å². The number of nitrogens with zero attached hydrogens (tertiary/aromatic N) is 4. The van der Waals surface area contributed by atoms with E-state index in [2.05, 4.69) is 258 Å². The van der Waals surface area contributed by atoms with Crippen LogP contribution in [0.5, 0.6) is 11.5 Å². The second-order valence-electron chi connectivity index (χ2n) is 20.3. The molecule has 3 heterocycles. The Hall–Kier alpha value is -7.37. The third-order valence-corrected chi connectivity index (χ3v) is 13.3. The van der Waals surface area contributed by atoms with E-state index in [0.29, 0.717) is 6.67 Å². The Bertz CT molecular complexity index is 3240. The summed E-state index contributed by atoms with van der Waals surface area (Å²) in [5.41, 5.74) is 13.7. The molecule has 1 aliphatic rings. The first kappa shape index (κ1) is 42.6. The molecule has 0 saturated carbocycles. The minimum atomic E-state index is -0.154. The largest absolute Gasteiger partial charge is 0.457 e. The van der Waals surface area contributed by atoms with Gasteiger partial charge in [0.25, 0.3) is 0 Å². The minimum absolute atomic E-state index is 0.0373. The van der Waals surface area contributed by atoms with Gasteiger partial charge in [-0.25, -0.2) is 4.98 Å². The van der Waals surface area contributed by atoms with Crippen LogP contribution in [0.3, 0.4) is 0 Å². The number of ether oxygens (including phenoxy) is 1. The molecule has 0 N–H and O–H groups in total. The van der Waals surface area contributed by atoms with Gasteiger partial charge < -0.3 is 14.5 Å². The fourth-order valence-corrected chi connectivity index (χ4v) is 9.42. The van der Waals surface area contributed by atoms with E-state index in [4.69, 9.17) is 9.72 Å². The van der Waals surface area contributed by atoms with Gasteiger partial charge in [0.05, 0.1) is 17.7 Å². The van der Waals surface area contributed by atoms with E-state index in [1.807, 2.05) is 6.20 Å². The Morgan fingerprint density at radius 2 is 1.14 bits per heavy atom. The van der Waals surface area contributed by atoms with Gasteiger partial charge in [-0.2, -0.15) is 0 Å². The summed E-state index contributed by atoms with van der Waals surface area (Å²) in [4.78, 5) is 9.82. The molecule has 7 aromatic carbocycles. The van der Waals surface area contributed by atoms with Crippen molar-refractivity contribution in [1.82, 2.24) is 9.55 Å². The van der Waals surface area contributed by atoms with E-state index in [9.17, 15) is 0 Å². The molecule has 0 saturated heterocycles. The molecule has 0 aliphatic carbocycles. The van der Waals surface area contributed by atoms with E-state index in [0.717, 1.165) is 50.6 Å². The molecule has 5 heteroatoms. The lowest BCUT2D eigenvalue weighted by atomic mass is 9.78. The van der Waals surface area contributed by atoms with E-state index < -0.39 is 0 Å². The third kappa shape index (κ3) is 8.15. The lowest BCUT2D eigenvalue weighted by Gasteiger charge is -2.31. The van der Waals surface area contributed by atoms with Crippen LogP contribution in [-0.4, -0.2) is 16.2 Å². The summed E-state index contributed by atoms with van der Waals surface area (Å²) >= 11 is 0. The van der Waals surface area contributed by atoms with Crippen molar-refractivity contribution >= 4 is 33.2 Å². The number of aromatic nitrogens is 2. The highest BCUT2D eigenvalue weighted by Gasteiger charge is 2.33. The maximum atomic E-state index is 7.04. The van der Waals surface area contributed by atoms with Gasteiger partial charge in [-0.3, -0.25) is 4.57 Å². The van der Waals surface area contributed by atoms with E-state index in [1.54, 1.807) is 0 Å². The molecule has 0 bridgehead atoms. The summed E-state index contributed by atoms with van der Waals surface area (Å²) in [7, 11) is 0. The van der Waals surface area contributed by atoms with Crippen LogP contribution in [-0.2, 0) is 10.8 Å². The number of hydrogen-bond donors (Lipinski definition) is 0. The monoisotopic (exact) mass is 862 g/mol. The van der Waals surface area contributed by atoms with Crippen molar-refractivity contribution in [3.63, 3.8) is 0 Å². The SMILES string of the molecule is CC(C)(C)C1=CN(c2cccc(C(C)(C)c3ccccc3)c2)CN1c1cc(Oc2ccc3c4cc(-c5ccccc5)ccc4n(-c4cc(C(C)(C)C)ccn4)c3c2)cc(-c2ccccc2)c1. The molecule has 328 valence electrons. The average Bonchev–Trinajstić information content (AvgIpc) is 3.93. The van der Waals surface area contributed by atoms with Crippen LogP contribution in [0.1, 0.15) is 72.1 Å². The maximum absolute atomic E-state index is 7.04. The molecule has 0 radical (unpaired) electrons. The zero-order valence-corrected chi connectivity index (χ0v) is 39.4. The standard InChI is InChI=1S/C61H58N4O/c1-59(2,3)47-31-32-62-58(37-47)65-55-30-27-44(42-19-12-9-13-20-42)35-54(55)53-29-28-51(39-56(53)65)66-52-34-45(43-21-14-10-15-22-43)33-50(38-52)64-41-63(40-57(64)60(4,5)6)49-26-18-25-48(36-49)61(7,8)46-23-16-11-17-24-46/h9-40H,41H2,1-8H3. The second-order valence-corrected chi connectivity index (χ2v) is 20.3. The van der Waals surface area contributed by atoms with Crippen LogP contribution in [0.4, 0.5) is 11.4 Å². The highest BCUT2D eigenvalue weighted by molar-refractivity contribution is 6.10. The smallest absolute Gasteiger partial charge is 0.137 e. The first-order valence-electron chi connectivity index (χ1n) is 23.1. The molecule has 0 unspecified atom stereocenters. The predicted molar refractivity (Wildman–Crippen MR) is 277 cm³/mol. The Labute approximate surface area is 390 Å². The molecule has 0 fully saturated rings. The highest BCUT2D eigenvalue weighted by atomic mass is 16.5. The van der Waals surface area contributed by atoms with Crippen LogP contribution < -0.4 is 14.5 Å². The van der Waals surface area contributed by atoms with Crippen molar-refractivity contribution in [3.05, 3.63) is 217 Å². The van der Waals surface area contributed by atoms with Crippen LogP contribution in [0.2, 0.25) is 0 Å². The first-order valence-corrected chi connectivity index (χ1v) is 23.1. The number of hydrogen-bond acceptors (Lipinski definition) is 4. The van der Waals surface area contributed by atoms with Gasteiger partial charge in [0, 0.05) is 63.2 Å². The fraction of sp³-hybridized carbons (Fsp3) is 0.197. The summed E-state index contributed by atoms with van der Waals surface area (Å²) in [5.74, 6) is 2.41. The Balaban J connectivity index is 1.07. The van der Waals surface area contributed by atoms with Crippen LogP contribution >= 0.6 is 0 Å². The van der Waals surface area contributed by atoms with Gasteiger partial charge in [-0.1, -0.05) is 165 Å². The maximum Gasteiger partial charge on any atom is 0.137 e. The van der Waals surface area contributed by atoms with Gasteiger partial charge in [-0.15, -0.1) is 0 Å². The Morgan fingerprint density at radius 1 is 0.455 bits per heavy atom. The van der Waals surface area contributed by atoms with Gasteiger partial charge in [0.15, 0.2) is 0 Å². The van der Waals surface area contributed by atoms with Crippen molar-refractivity contribution in [1.29, 1.82) is 0 Å². The fourth-order valence-electron chi connectivity index (χ4n) is 9.42. The molecular formula is C61H58N4O. The molecule has 0 spiro atoms. The molecule has 5 nitrogen and oxygen atoms in total. The van der Waals surface area contributed by atoms with Gasteiger partial charge in [-0.05, 0) is 105 Å². The van der Waals surface area contributed by atoms with E-state index >= 15 is 0 Å². The van der Waals surface area contributed by atoms with Crippen molar-refractivity contribution in [2.75, 3.05) is 16.5 Å². The summed E-state index contributed by atoms with van der Waals surface area (Å²) in [6, 6.07) is 65.3. The third-order valence-electron chi connectivity index (χ3n) is 13.3. The zero-order valence-electron chi connectivity index (χ0n) is 39.4. The van der Waals surface area contributed by atoms with Crippen molar-refractivity contribution in [2.45, 2.75) is 66.2 Å². The molecule has 0 amide bonds. The van der Waals surface area contributed by atoms with Crippen LogP contribution in [0.15, 0.2) is 200 Å². The molecule has 2 aromatic heterocycles. The molecule has 9 aromatic rings. The highest BCUT2D eigenvalue weighted by Crippen LogP contribution is 2.44. The van der Waals surface area contributed by atoms with Crippen molar-refractivity contribution in [2.24, 2.45) is 5.41 Å². The number of benzene rings is 7. The molecular weight excluding hydrogens is 805 g/mol. The van der Waals surface area contributed by atoms with Crippen molar-refractivity contribution in [3.8, 4) is 39.6 Å². The molecule has 1 aliphatic heterocycles. The lowest BCUT2D eigenvalue weighted by molar-refractivity contribution is 0.481. The number of allylic oxidation sites excluding steroid dienone is 1. The number of pyridine rings is 1. The average molecular weight is 863 g/mol. The van der Waals surface area contributed by atoms with Gasteiger partial charge in [0.2, 0.25) is 0 Å². The first-order chi connectivity index (χ1) is 31.7. The second kappa shape index (κ2) is 16.6. The normalized spacial score (nSPS) is 13.4. The summed E-state index contributed by atoms with van der Waals surface area (Å²) < 4.78 is 9.34. The van der Waals surface area contributed by atoms with Crippen molar-refractivity contribution < 1.29 is 4.74 Å². The predicted octanol–water partition coefficient (Wildman–Crippen LogP) is 16.1. The number of anilines is 2. The Morgan fingerprint density at radius 3 is 1.83 bits per heavy atom. The molecule has 10 rings (SSSR count). The number of fused-ring (bicyclic) bond motifs is 3. The summed E-state index contributed by atoms with van der Waals surface area (Å²) in [6.07, 6.45) is 4.27. The van der Waals surface area contributed by atoms with Gasteiger partial charge >= 0.3 is 0 Å². The topological polar surface area (TPSA) is 33.5 Å². The number of rotatable bonds is 9. The zero-order chi connectivity index (χ0) is 45.8.